The summed E-state index contributed by atoms with van der Waals surface area (Å²) in [4.78, 5) is 8.59. The van der Waals surface area contributed by atoms with Crippen molar-refractivity contribution in [2.45, 2.75) is 33.0 Å². The number of nitrogens with one attached hydrogen (secondary N) is 2. The highest BCUT2D eigenvalue weighted by atomic mass is 127. The molecule has 138 valence electrons. The Morgan fingerprint density at radius 2 is 2.00 bits per heavy atom. The third-order valence-electron chi connectivity index (χ3n) is 3.20. The first-order valence-electron chi connectivity index (χ1n) is 7.53. The number of ether oxygens (including phenoxy) is 1. The highest BCUT2D eigenvalue weighted by Crippen LogP contribution is 2.19. The molecular weight excluding hydrogens is 461 g/mol. The lowest BCUT2D eigenvalue weighted by atomic mass is 10.2. The van der Waals surface area contributed by atoms with Crippen molar-refractivity contribution < 1.29 is 13.5 Å². The fraction of sp³-hybridized carbons (Fsp3) is 0.375. The van der Waals surface area contributed by atoms with Crippen LogP contribution in [-0.4, -0.2) is 24.6 Å². The van der Waals surface area contributed by atoms with Gasteiger partial charge >= 0.3 is 6.61 Å². The fourth-order valence-electron chi connectivity index (χ4n) is 2.03. The van der Waals surface area contributed by atoms with E-state index in [0.29, 0.717) is 24.6 Å². The summed E-state index contributed by atoms with van der Waals surface area (Å²) >= 11 is 1.63. The number of thiazole rings is 1. The molecule has 1 aromatic heterocycles. The molecule has 0 amide bonds. The lowest BCUT2D eigenvalue weighted by Gasteiger charge is -2.14. The Kier molecular flexibility index (Phi) is 9.65. The molecule has 0 spiro atoms. The summed E-state index contributed by atoms with van der Waals surface area (Å²) < 4.78 is 29.4. The number of rotatable bonds is 7. The molecule has 9 heteroatoms. The number of hydrogen-bond donors (Lipinski definition) is 2. The van der Waals surface area contributed by atoms with Gasteiger partial charge in [0, 0.05) is 24.5 Å². The van der Waals surface area contributed by atoms with E-state index in [4.69, 9.17) is 0 Å². The SMILES string of the molecule is CCc1nc(CNC(=NC)NCc2ccccc2OC(F)F)cs1.I. The monoisotopic (exact) mass is 482 g/mol. The largest absolute Gasteiger partial charge is 0.434 e. The highest BCUT2D eigenvalue weighted by molar-refractivity contribution is 14.0. The number of nitrogens with zero attached hydrogens (tertiary/aromatic N) is 2. The second kappa shape index (κ2) is 11.2. The van der Waals surface area contributed by atoms with Crippen molar-refractivity contribution in [2.24, 2.45) is 4.99 Å². The van der Waals surface area contributed by atoms with E-state index in [1.165, 1.54) is 6.07 Å². The Balaban J connectivity index is 0.00000312. The Labute approximate surface area is 166 Å². The van der Waals surface area contributed by atoms with Gasteiger partial charge in [-0.05, 0) is 12.5 Å². The molecule has 0 unspecified atom stereocenters. The van der Waals surface area contributed by atoms with Crippen molar-refractivity contribution in [3.8, 4) is 5.75 Å². The van der Waals surface area contributed by atoms with Crippen LogP contribution >= 0.6 is 35.3 Å². The molecule has 0 atom stereocenters. The van der Waals surface area contributed by atoms with Crippen LogP contribution in [0.5, 0.6) is 5.75 Å². The summed E-state index contributed by atoms with van der Waals surface area (Å²) in [5, 5.41) is 9.32. The molecule has 0 aliphatic carbocycles. The molecule has 0 bridgehead atoms. The Hall–Kier alpha value is -1.49. The zero-order chi connectivity index (χ0) is 17.4. The molecular formula is C16H21F2IN4OS. The van der Waals surface area contributed by atoms with E-state index in [1.54, 1.807) is 36.6 Å². The second-order valence-corrected chi connectivity index (χ2v) is 5.79. The van der Waals surface area contributed by atoms with Crippen LogP contribution in [0.2, 0.25) is 0 Å². The third kappa shape index (κ3) is 7.10. The normalized spacial score (nSPS) is 11.2. The molecule has 2 rings (SSSR count). The maximum absolute atomic E-state index is 12.4. The number of halogens is 3. The van der Waals surface area contributed by atoms with Crippen molar-refractivity contribution in [3.05, 3.63) is 45.9 Å². The van der Waals surface area contributed by atoms with Gasteiger partial charge in [0.1, 0.15) is 5.75 Å². The number of para-hydroxylation sites is 1. The highest BCUT2D eigenvalue weighted by Gasteiger charge is 2.09. The third-order valence-corrected chi connectivity index (χ3v) is 4.24. The van der Waals surface area contributed by atoms with Gasteiger partial charge in [-0.1, -0.05) is 25.1 Å². The number of aromatic nitrogens is 1. The summed E-state index contributed by atoms with van der Waals surface area (Å²) in [5.41, 5.74) is 1.57. The van der Waals surface area contributed by atoms with E-state index in [9.17, 15) is 8.78 Å². The molecule has 1 heterocycles. The molecule has 0 aliphatic rings. The van der Waals surface area contributed by atoms with Crippen LogP contribution in [0.15, 0.2) is 34.6 Å². The Morgan fingerprint density at radius 1 is 1.28 bits per heavy atom. The topological polar surface area (TPSA) is 58.5 Å². The van der Waals surface area contributed by atoms with E-state index in [-0.39, 0.29) is 29.7 Å². The van der Waals surface area contributed by atoms with Crippen molar-refractivity contribution in [3.63, 3.8) is 0 Å². The summed E-state index contributed by atoms with van der Waals surface area (Å²) in [7, 11) is 1.65. The van der Waals surface area contributed by atoms with Gasteiger partial charge in [-0.3, -0.25) is 4.99 Å². The van der Waals surface area contributed by atoms with Gasteiger partial charge in [0.2, 0.25) is 0 Å². The molecule has 2 N–H and O–H groups in total. The van der Waals surface area contributed by atoms with E-state index in [0.717, 1.165) is 17.1 Å². The lowest BCUT2D eigenvalue weighted by molar-refractivity contribution is -0.0504. The first-order valence-corrected chi connectivity index (χ1v) is 8.40. The minimum Gasteiger partial charge on any atom is -0.434 e. The van der Waals surface area contributed by atoms with Crippen molar-refractivity contribution in [2.75, 3.05) is 7.05 Å². The van der Waals surface area contributed by atoms with Gasteiger partial charge in [0.25, 0.3) is 0 Å². The standard InChI is InChI=1S/C16H20F2N4OS.HI/c1-3-14-22-12(10-24-14)9-21-16(19-2)20-8-11-6-4-5-7-13(11)23-15(17)18;/h4-7,10,15H,3,8-9H2,1-2H3,(H2,19,20,21);1H. The van der Waals surface area contributed by atoms with Crippen LogP contribution in [0.4, 0.5) is 8.78 Å². The van der Waals surface area contributed by atoms with Crippen LogP contribution in [0, 0.1) is 0 Å². The zero-order valence-corrected chi connectivity index (χ0v) is 17.1. The first kappa shape index (κ1) is 21.6. The Morgan fingerprint density at radius 3 is 2.64 bits per heavy atom. The molecule has 0 aliphatic heterocycles. The number of aliphatic imine (C=N–C) groups is 1. The smallest absolute Gasteiger partial charge is 0.387 e. The van der Waals surface area contributed by atoms with E-state index in [2.05, 4.69) is 32.3 Å². The van der Waals surface area contributed by atoms with Gasteiger partial charge in [-0.2, -0.15) is 8.78 Å². The average Bonchev–Trinajstić information content (AvgIpc) is 3.04. The molecule has 0 saturated carbocycles. The summed E-state index contributed by atoms with van der Waals surface area (Å²) in [6.07, 6.45) is 0.915. The van der Waals surface area contributed by atoms with E-state index in [1.807, 2.05) is 5.38 Å². The number of benzene rings is 1. The van der Waals surface area contributed by atoms with Crippen molar-refractivity contribution >= 4 is 41.3 Å². The van der Waals surface area contributed by atoms with Crippen LogP contribution in [0.3, 0.4) is 0 Å². The molecule has 1 aromatic carbocycles. The molecule has 0 saturated heterocycles. The molecule has 2 aromatic rings. The average molecular weight is 482 g/mol. The van der Waals surface area contributed by atoms with Gasteiger partial charge in [-0.15, -0.1) is 35.3 Å². The number of alkyl halides is 2. The molecule has 5 nitrogen and oxygen atoms in total. The van der Waals surface area contributed by atoms with Crippen molar-refractivity contribution in [1.29, 1.82) is 0 Å². The molecule has 25 heavy (non-hydrogen) atoms. The Bertz CT molecular complexity index is 682. The van der Waals surface area contributed by atoms with Crippen LogP contribution in [0.25, 0.3) is 0 Å². The summed E-state index contributed by atoms with van der Waals surface area (Å²) in [5.74, 6) is 0.718. The van der Waals surface area contributed by atoms with Gasteiger partial charge < -0.3 is 15.4 Å². The molecule has 0 radical (unpaired) electrons. The maximum Gasteiger partial charge on any atom is 0.387 e. The van der Waals surface area contributed by atoms with Crippen LogP contribution < -0.4 is 15.4 Å². The van der Waals surface area contributed by atoms with Crippen LogP contribution in [0.1, 0.15) is 23.2 Å². The van der Waals surface area contributed by atoms with Gasteiger partial charge in [0.05, 0.1) is 17.2 Å². The summed E-state index contributed by atoms with van der Waals surface area (Å²) in [6, 6.07) is 6.67. The predicted molar refractivity (Wildman–Crippen MR) is 107 cm³/mol. The van der Waals surface area contributed by atoms with E-state index < -0.39 is 6.61 Å². The van der Waals surface area contributed by atoms with Gasteiger partial charge in [-0.25, -0.2) is 4.98 Å². The second-order valence-electron chi connectivity index (χ2n) is 4.85. The summed E-state index contributed by atoms with van der Waals surface area (Å²) in [6.45, 7) is 0.0849. The van der Waals surface area contributed by atoms with Crippen molar-refractivity contribution in [1.82, 2.24) is 15.6 Å². The first-order chi connectivity index (χ1) is 11.6. The maximum atomic E-state index is 12.4. The zero-order valence-electron chi connectivity index (χ0n) is 14.0. The molecule has 0 fully saturated rings. The number of hydrogen-bond acceptors (Lipinski definition) is 4. The number of guanidine groups is 1. The van der Waals surface area contributed by atoms with Crippen LogP contribution in [-0.2, 0) is 19.5 Å². The van der Waals surface area contributed by atoms with Gasteiger partial charge in [0.15, 0.2) is 5.96 Å². The van der Waals surface area contributed by atoms with E-state index >= 15 is 0 Å². The minimum atomic E-state index is -2.85. The minimum absolute atomic E-state index is 0. The lowest BCUT2D eigenvalue weighted by Crippen LogP contribution is -2.36. The predicted octanol–water partition coefficient (Wildman–Crippen LogP) is 3.79. The number of aryl methyl sites for hydroxylation is 1. The quantitative estimate of drug-likeness (QED) is 0.358. The fourth-order valence-corrected chi connectivity index (χ4v) is 2.77.